The molecule has 0 atom stereocenters. The zero-order valence-electron chi connectivity index (χ0n) is 9.34. The summed E-state index contributed by atoms with van der Waals surface area (Å²) in [5, 5.41) is 0. The van der Waals surface area contributed by atoms with Gasteiger partial charge in [0.25, 0.3) is 0 Å². The average Bonchev–Trinajstić information content (AvgIpc) is 2.33. The molecule has 0 saturated carbocycles. The zero-order valence-corrected chi connectivity index (χ0v) is 12.9. The zero-order chi connectivity index (χ0) is 12.5. The Hall–Kier alpha value is 0.309. The predicted octanol–water partition coefficient (Wildman–Crippen LogP) is 1.28. The molecule has 8 heteroatoms. The van der Waals surface area contributed by atoms with Crippen LogP contribution in [0.2, 0.25) is 0 Å². The minimum Gasteiger partial charge on any atom is -0.379 e. The molecule has 0 aromatic heterocycles. The van der Waals surface area contributed by atoms with Crippen LogP contribution in [0.1, 0.15) is 0 Å². The van der Waals surface area contributed by atoms with Gasteiger partial charge in [0, 0.05) is 22.9 Å². The van der Waals surface area contributed by atoms with E-state index < -0.39 is 10.0 Å². The van der Waals surface area contributed by atoms with Crippen LogP contribution in [0.4, 0.5) is 0 Å². The van der Waals surface area contributed by atoms with Gasteiger partial charge in [0.2, 0.25) is 10.0 Å². The van der Waals surface area contributed by atoms with Crippen molar-refractivity contribution < 1.29 is 30.2 Å². The van der Waals surface area contributed by atoms with Gasteiger partial charge in [-0.25, -0.2) is 8.42 Å². The predicted molar refractivity (Wildman–Crippen MR) is 70.5 cm³/mol. The van der Waals surface area contributed by atoms with Crippen molar-refractivity contribution in [1.82, 2.24) is 4.31 Å². The van der Waals surface area contributed by atoms with Crippen molar-refractivity contribution in [2.75, 3.05) is 26.3 Å². The fraction of sp³-hybridized carbons (Fsp3) is 0.400. The van der Waals surface area contributed by atoms with Crippen LogP contribution in [0.3, 0.4) is 0 Å². The van der Waals surface area contributed by atoms with Crippen LogP contribution in [-0.2, 0) is 31.8 Å². The molecule has 1 aliphatic heterocycles. The molecule has 104 valence electrons. The van der Waals surface area contributed by atoms with Gasteiger partial charge in [-0.2, -0.15) is 4.31 Å². The molecular weight excluding hydrogens is 342 g/mol. The number of hydrogen-bond donors (Lipinski definition) is 2. The number of thiol groups is 2. The van der Waals surface area contributed by atoms with Crippen molar-refractivity contribution in [3.8, 4) is 0 Å². The van der Waals surface area contributed by atoms with Crippen LogP contribution in [0, 0.1) is 0 Å². The molecule has 2 rings (SSSR count). The van der Waals surface area contributed by atoms with E-state index in [9.17, 15) is 8.42 Å². The van der Waals surface area contributed by atoms with Gasteiger partial charge in [-0.3, -0.25) is 0 Å². The number of ether oxygens (including phenoxy) is 1. The molecule has 0 aliphatic carbocycles. The molecular formula is C10H13CuNO3S3+. The van der Waals surface area contributed by atoms with Gasteiger partial charge in [-0.1, -0.05) is 6.07 Å². The molecule has 0 unspecified atom stereocenters. The second-order valence-electron chi connectivity index (χ2n) is 3.64. The Bertz CT molecular complexity index is 515. The van der Waals surface area contributed by atoms with E-state index in [0.29, 0.717) is 36.1 Å². The molecule has 0 radical (unpaired) electrons. The van der Waals surface area contributed by atoms with Crippen molar-refractivity contribution in [2.24, 2.45) is 0 Å². The Morgan fingerprint density at radius 1 is 1.17 bits per heavy atom. The first-order valence-corrected chi connectivity index (χ1v) is 7.46. The maximum absolute atomic E-state index is 12.3. The van der Waals surface area contributed by atoms with Gasteiger partial charge in [0.15, 0.2) is 0 Å². The molecule has 1 fully saturated rings. The van der Waals surface area contributed by atoms with Gasteiger partial charge in [-0.05, 0) is 12.1 Å². The van der Waals surface area contributed by atoms with Gasteiger partial charge in [0.1, 0.15) is 0 Å². The van der Waals surface area contributed by atoms with Crippen LogP contribution < -0.4 is 0 Å². The van der Waals surface area contributed by atoms with Crippen LogP contribution >= 0.6 is 25.3 Å². The molecule has 0 spiro atoms. The Kier molecular flexibility index (Phi) is 6.05. The van der Waals surface area contributed by atoms with Crippen molar-refractivity contribution in [3.05, 3.63) is 18.2 Å². The monoisotopic (exact) mass is 354 g/mol. The first kappa shape index (κ1) is 16.4. The minimum absolute atomic E-state index is 0. The summed E-state index contributed by atoms with van der Waals surface area (Å²) in [5.41, 5.74) is 0. The number of morpholine rings is 1. The van der Waals surface area contributed by atoms with Crippen LogP contribution in [0.15, 0.2) is 32.9 Å². The summed E-state index contributed by atoms with van der Waals surface area (Å²) in [6, 6.07) is 4.92. The third kappa shape index (κ3) is 3.25. The number of nitrogens with zero attached hydrogens (tertiary/aromatic N) is 1. The van der Waals surface area contributed by atoms with E-state index in [0.717, 1.165) is 0 Å². The molecule has 0 N–H and O–H groups in total. The maximum atomic E-state index is 12.3. The average molecular weight is 355 g/mol. The van der Waals surface area contributed by atoms with Crippen LogP contribution in [0.25, 0.3) is 0 Å². The van der Waals surface area contributed by atoms with Gasteiger partial charge < -0.3 is 4.74 Å². The normalized spacial score (nSPS) is 17.2. The molecule has 4 nitrogen and oxygen atoms in total. The Balaban J connectivity index is 0.00000162. The molecule has 0 amide bonds. The molecule has 1 aromatic rings. The number of benzene rings is 1. The van der Waals surface area contributed by atoms with Crippen molar-refractivity contribution in [2.45, 2.75) is 14.7 Å². The van der Waals surface area contributed by atoms with E-state index >= 15 is 0 Å². The Morgan fingerprint density at radius 3 is 2.39 bits per heavy atom. The molecule has 0 bridgehead atoms. The quantitative estimate of drug-likeness (QED) is 0.621. The first-order chi connectivity index (χ1) is 8.03. The van der Waals surface area contributed by atoms with E-state index in [2.05, 4.69) is 25.3 Å². The van der Waals surface area contributed by atoms with E-state index in [1.54, 1.807) is 18.2 Å². The largest absolute Gasteiger partial charge is 1.00 e. The number of hydrogen-bond acceptors (Lipinski definition) is 5. The second kappa shape index (κ2) is 6.65. The molecule has 1 heterocycles. The summed E-state index contributed by atoms with van der Waals surface area (Å²) in [4.78, 5) is 1.15. The van der Waals surface area contributed by atoms with Gasteiger partial charge in [-0.15, -0.1) is 25.3 Å². The van der Waals surface area contributed by atoms with E-state index in [1.807, 2.05) is 0 Å². The van der Waals surface area contributed by atoms with Gasteiger partial charge >= 0.3 is 17.1 Å². The summed E-state index contributed by atoms with van der Waals surface area (Å²) < 4.78 is 31.3. The summed E-state index contributed by atoms with van der Waals surface area (Å²) in [7, 11) is -3.49. The SMILES string of the molecule is O=S(=O)(c1cccc(S)c1S)N1CCOCC1.[Cu+]. The molecule has 1 aromatic carbocycles. The van der Waals surface area contributed by atoms with E-state index in [1.165, 1.54) is 4.31 Å². The summed E-state index contributed by atoms with van der Waals surface area (Å²) in [6.07, 6.45) is 0. The standard InChI is InChI=1S/C10H13NO3S3.Cu/c12-17(13,11-4-6-14-7-5-11)9-3-1-2-8(15)10(9)16;/h1-3,15-16H,4-7H2;/q;+1. The topological polar surface area (TPSA) is 46.6 Å². The summed E-state index contributed by atoms with van der Waals surface area (Å²) in [6.45, 7) is 1.63. The molecule has 18 heavy (non-hydrogen) atoms. The summed E-state index contributed by atoms with van der Waals surface area (Å²) in [5.74, 6) is 0. The van der Waals surface area contributed by atoms with Crippen molar-refractivity contribution >= 4 is 35.3 Å². The van der Waals surface area contributed by atoms with Gasteiger partial charge in [0.05, 0.1) is 18.1 Å². The fourth-order valence-electron chi connectivity index (χ4n) is 1.64. The van der Waals surface area contributed by atoms with Crippen LogP contribution in [0.5, 0.6) is 0 Å². The minimum atomic E-state index is -3.49. The maximum Gasteiger partial charge on any atom is 1.00 e. The fourth-order valence-corrected chi connectivity index (χ4v) is 3.94. The Morgan fingerprint density at radius 2 is 1.78 bits per heavy atom. The second-order valence-corrected chi connectivity index (χ2v) is 6.48. The third-order valence-electron chi connectivity index (χ3n) is 2.57. The first-order valence-electron chi connectivity index (χ1n) is 5.12. The Labute approximate surface area is 128 Å². The number of sulfonamides is 1. The van der Waals surface area contributed by atoms with Crippen molar-refractivity contribution in [1.29, 1.82) is 0 Å². The van der Waals surface area contributed by atoms with Crippen molar-refractivity contribution in [3.63, 3.8) is 0 Å². The molecule has 1 saturated heterocycles. The van der Waals surface area contributed by atoms with Crippen LogP contribution in [-0.4, -0.2) is 39.0 Å². The summed E-state index contributed by atoms with van der Waals surface area (Å²) >= 11 is 8.39. The molecule has 1 aliphatic rings. The smallest absolute Gasteiger partial charge is 0.379 e. The van der Waals surface area contributed by atoms with E-state index in [-0.39, 0.29) is 22.0 Å². The number of rotatable bonds is 2. The van der Waals surface area contributed by atoms with E-state index in [4.69, 9.17) is 4.74 Å². The third-order valence-corrected chi connectivity index (χ3v) is 5.69.